The van der Waals surface area contributed by atoms with Crippen molar-refractivity contribution >= 4 is 11.6 Å². The van der Waals surface area contributed by atoms with Gasteiger partial charge in [-0.15, -0.1) is 0 Å². The lowest BCUT2D eigenvalue weighted by atomic mass is 9.95. The second-order valence-electron chi connectivity index (χ2n) is 7.07. The third-order valence-corrected chi connectivity index (χ3v) is 5.19. The summed E-state index contributed by atoms with van der Waals surface area (Å²) in [6.45, 7) is 4.65. The van der Waals surface area contributed by atoms with Crippen molar-refractivity contribution in [1.29, 1.82) is 5.26 Å². The van der Waals surface area contributed by atoms with Crippen LogP contribution in [-0.2, 0) is 7.05 Å². The Morgan fingerprint density at radius 1 is 1.31 bits per heavy atom. The molecule has 0 N–H and O–H groups in total. The lowest BCUT2D eigenvalue weighted by molar-refractivity contribution is 0.0758. The van der Waals surface area contributed by atoms with Gasteiger partial charge in [0, 0.05) is 45.1 Å². The summed E-state index contributed by atoms with van der Waals surface area (Å²) in [5.74, 6) is 0.492. The number of carbonyl (C=O) groups excluding carboxylic acids is 1. The number of anilines is 1. The first-order valence-corrected chi connectivity index (χ1v) is 8.99. The molecular formula is C20H25N5O. The highest BCUT2D eigenvalue weighted by Gasteiger charge is 2.23. The molecule has 1 fully saturated rings. The molecule has 1 saturated heterocycles. The number of rotatable bonds is 4. The van der Waals surface area contributed by atoms with Gasteiger partial charge in [0.15, 0.2) is 5.69 Å². The van der Waals surface area contributed by atoms with Crippen molar-refractivity contribution < 1.29 is 4.79 Å². The van der Waals surface area contributed by atoms with E-state index in [4.69, 9.17) is 5.26 Å². The van der Waals surface area contributed by atoms with Crippen LogP contribution in [-0.4, -0.2) is 47.3 Å². The Balaban J connectivity index is 1.53. The molecule has 1 aliphatic rings. The molecule has 1 amide bonds. The van der Waals surface area contributed by atoms with Gasteiger partial charge in [-0.25, -0.2) is 0 Å². The standard InChI is InChI=1S/C20H25N5O/c1-15-12-19(22-24(15)3)20(26)23(2)14-17-8-10-25(11-9-17)18-6-4-16(13-21)5-7-18/h4-7,12,17H,8-11,14H2,1-3H3. The Labute approximate surface area is 154 Å². The van der Waals surface area contributed by atoms with Gasteiger partial charge in [0.25, 0.3) is 5.91 Å². The number of hydrogen-bond donors (Lipinski definition) is 0. The molecule has 1 aromatic carbocycles. The van der Waals surface area contributed by atoms with E-state index in [9.17, 15) is 4.79 Å². The zero-order valence-corrected chi connectivity index (χ0v) is 15.6. The minimum Gasteiger partial charge on any atom is -0.372 e. The molecular weight excluding hydrogens is 326 g/mol. The van der Waals surface area contributed by atoms with E-state index in [2.05, 4.69) is 16.1 Å². The van der Waals surface area contributed by atoms with Crippen LogP contribution in [0, 0.1) is 24.2 Å². The summed E-state index contributed by atoms with van der Waals surface area (Å²) in [5, 5.41) is 13.2. The quantitative estimate of drug-likeness (QED) is 0.849. The first kappa shape index (κ1) is 18.0. The molecule has 136 valence electrons. The van der Waals surface area contributed by atoms with Crippen LogP contribution in [0.1, 0.15) is 34.6 Å². The number of hydrogen-bond acceptors (Lipinski definition) is 4. The number of amides is 1. The Kier molecular flexibility index (Phi) is 5.27. The van der Waals surface area contributed by atoms with Gasteiger partial charge in [0.1, 0.15) is 0 Å². The average Bonchev–Trinajstić information content (AvgIpc) is 3.00. The summed E-state index contributed by atoms with van der Waals surface area (Å²) < 4.78 is 1.73. The molecule has 0 saturated carbocycles. The first-order valence-electron chi connectivity index (χ1n) is 8.99. The highest BCUT2D eigenvalue weighted by atomic mass is 16.2. The minimum absolute atomic E-state index is 0.0109. The van der Waals surface area contributed by atoms with Crippen LogP contribution in [0.5, 0.6) is 0 Å². The number of piperidine rings is 1. The zero-order chi connectivity index (χ0) is 18.7. The van der Waals surface area contributed by atoms with Gasteiger partial charge in [-0.3, -0.25) is 9.48 Å². The van der Waals surface area contributed by atoms with E-state index in [0.29, 0.717) is 17.2 Å². The van der Waals surface area contributed by atoms with Gasteiger partial charge in [0.2, 0.25) is 0 Å². The van der Waals surface area contributed by atoms with Crippen LogP contribution >= 0.6 is 0 Å². The molecule has 0 spiro atoms. The third kappa shape index (κ3) is 3.88. The smallest absolute Gasteiger partial charge is 0.274 e. The Hall–Kier alpha value is -2.81. The van der Waals surface area contributed by atoms with Gasteiger partial charge >= 0.3 is 0 Å². The van der Waals surface area contributed by atoms with Crippen molar-refractivity contribution in [2.75, 3.05) is 31.6 Å². The summed E-state index contributed by atoms with van der Waals surface area (Å²) in [6, 6.07) is 11.7. The van der Waals surface area contributed by atoms with E-state index in [1.165, 1.54) is 0 Å². The predicted molar refractivity (Wildman–Crippen MR) is 101 cm³/mol. The van der Waals surface area contributed by atoms with Crippen molar-refractivity contribution in [3.63, 3.8) is 0 Å². The summed E-state index contributed by atoms with van der Waals surface area (Å²) in [6.07, 6.45) is 2.11. The number of nitriles is 1. The second kappa shape index (κ2) is 7.61. The van der Waals surface area contributed by atoms with Crippen molar-refractivity contribution in [1.82, 2.24) is 14.7 Å². The summed E-state index contributed by atoms with van der Waals surface area (Å²) >= 11 is 0. The van der Waals surface area contributed by atoms with Crippen molar-refractivity contribution in [2.45, 2.75) is 19.8 Å². The van der Waals surface area contributed by atoms with Crippen LogP contribution < -0.4 is 4.90 Å². The maximum Gasteiger partial charge on any atom is 0.274 e. The molecule has 26 heavy (non-hydrogen) atoms. The van der Waals surface area contributed by atoms with Crippen molar-refractivity contribution in [3.8, 4) is 6.07 Å². The maximum atomic E-state index is 12.5. The third-order valence-electron chi connectivity index (χ3n) is 5.19. The highest BCUT2D eigenvalue weighted by Crippen LogP contribution is 2.24. The number of benzene rings is 1. The van der Waals surface area contributed by atoms with Crippen LogP contribution in [0.3, 0.4) is 0 Å². The van der Waals surface area contributed by atoms with E-state index in [1.807, 2.05) is 51.4 Å². The SMILES string of the molecule is Cc1cc(C(=O)N(C)CC2CCN(c3ccc(C#N)cc3)CC2)nn1C. The van der Waals surface area contributed by atoms with Crippen LogP contribution in [0.15, 0.2) is 30.3 Å². The fourth-order valence-corrected chi connectivity index (χ4v) is 3.45. The summed E-state index contributed by atoms with van der Waals surface area (Å²) in [5.41, 5.74) is 3.35. The van der Waals surface area contributed by atoms with Gasteiger partial charge in [-0.2, -0.15) is 10.4 Å². The van der Waals surface area contributed by atoms with Gasteiger partial charge < -0.3 is 9.80 Å². The normalized spacial score (nSPS) is 14.9. The molecule has 3 rings (SSSR count). The largest absolute Gasteiger partial charge is 0.372 e. The first-order chi connectivity index (χ1) is 12.5. The van der Waals surface area contributed by atoms with Crippen LogP contribution in [0.2, 0.25) is 0 Å². The van der Waals surface area contributed by atoms with Gasteiger partial charge in [-0.05, 0) is 56.0 Å². The van der Waals surface area contributed by atoms with Crippen molar-refractivity contribution in [3.05, 3.63) is 47.3 Å². The lowest BCUT2D eigenvalue weighted by Gasteiger charge is -2.35. The highest BCUT2D eigenvalue weighted by molar-refractivity contribution is 5.92. The van der Waals surface area contributed by atoms with Crippen molar-refractivity contribution in [2.24, 2.45) is 13.0 Å². The van der Waals surface area contributed by atoms with E-state index in [0.717, 1.165) is 43.9 Å². The molecule has 0 radical (unpaired) electrons. The average molecular weight is 351 g/mol. The van der Waals surface area contributed by atoms with Gasteiger partial charge in [-0.1, -0.05) is 0 Å². The maximum absolute atomic E-state index is 12.5. The van der Waals surface area contributed by atoms with E-state index in [1.54, 1.807) is 9.58 Å². The van der Waals surface area contributed by atoms with E-state index >= 15 is 0 Å². The monoisotopic (exact) mass is 351 g/mol. The molecule has 0 unspecified atom stereocenters. The lowest BCUT2D eigenvalue weighted by Crippen LogP contribution is -2.39. The van der Waals surface area contributed by atoms with Crippen LogP contribution in [0.4, 0.5) is 5.69 Å². The number of carbonyl (C=O) groups is 1. The fourth-order valence-electron chi connectivity index (χ4n) is 3.45. The number of nitrogens with zero attached hydrogens (tertiary/aromatic N) is 5. The molecule has 2 heterocycles. The minimum atomic E-state index is -0.0109. The van der Waals surface area contributed by atoms with Crippen LogP contribution in [0.25, 0.3) is 0 Å². The molecule has 0 bridgehead atoms. The second-order valence-corrected chi connectivity index (χ2v) is 7.07. The van der Waals surface area contributed by atoms with E-state index in [-0.39, 0.29) is 5.91 Å². The molecule has 0 atom stereocenters. The Morgan fingerprint density at radius 2 is 1.96 bits per heavy atom. The molecule has 0 aliphatic carbocycles. The zero-order valence-electron chi connectivity index (χ0n) is 15.6. The molecule has 1 aromatic heterocycles. The number of aryl methyl sites for hydroxylation is 2. The summed E-state index contributed by atoms with van der Waals surface area (Å²) in [7, 11) is 3.71. The summed E-state index contributed by atoms with van der Waals surface area (Å²) in [4.78, 5) is 16.7. The fraction of sp³-hybridized carbons (Fsp3) is 0.450. The number of aromatic nitrogens is 2. The molecule has 1 aliphatic heterocycles. The molecule has 6 nitrogen and oxygen atoms in total. The predicted octanol–water partition coefficient (Wildman–Crippen LogP) is 2.59. The molecule has 2 aromatic rings. The topological polar surface area (TPSA) is 65.2 Å². The molecule has 6 heteroatoms. The van der Waals surface area contributed by atoms with Gasteiger partial charge in [0.05, 0.1) is 11.6 Å². The Bertz CT molecular complexity index is 790. The Morgan fingerprint density at radius 3 is 2.50 bits per heavy atom. The van der Waals surface area contributed by atoms with E-state index < -0.39 is 0 Å².